The van der Waals surface area contributed by atoms with Crippen LogP contribution in [0.3, 0.4) is 0 Å². The Kier molecular flexibility index (Phi) is 1.60. The van der Waals surface area contributed by atoms with Gasteiger partial charge >= 0.3 is 0 Å². The molecule has 12 heavy (non-hydrogen) atoms. The van der Waals surface area contributed by atoms with Crippen LogP contribution >= 0.6 is 0 Å². The van der Waals surface area contributed by atoms with Gasteiger partial charge in [-0.1, -0.05) is 6.08 Å². The summed E-state index contributed by atoms with van der Waals surface area (Å²) in [6.07, 6.45) is 4.23. The minimum atomic E-state index is -0.348. The average Bonchev–Trinajstić information content (AvgIpc) is 2.49. The van der Waals surface area contributed by atoms with Crippen molar-refractivity contribution < 1.29 is 4.79 Å². The maximum atomic E-state index is 10.8. The first-order valence-electron chi connectivity index (χ1n) is 3.74. The van der Waals surface area contributed by atoms with Crippen LogP contribution in [0.25, 0.3) is 0 Å². The van der Waals surface area contributed by atoms with E-state index in [0.29, 0.717) is 12.0 Å². The molecule has 64 valence electrons. The summed E-state index contributed by atoms with van der Waals surface area (Å²) in [5.41, 5.74) is 15.5. The highest BCUT2D eigenvalue weighted by atomic mass is 16.1. The van der Waals surface area contributed by atoms with Crippen molar-refractivity contribution in [2.24, 2.45) is 5.73 Å². The van der Waals surface area contributed by atoms with E-state index in [1.807, 2.05) is 6.08 Å². The summed E-state index contributed by atoms with van der Waals surface area (Å²) in [6.45, 7) is 0. The van der Waals surface area contributed by atoms with Crippen LogP contribution in [0.1, 0.15) is 6.42 Å². The van der Waals surface area contributed by atoms with Gasteiger partial charge in [0.05, 0.1) is 6.04 Å². The van der Waals surface area contributed by atoms with Gasteiger partial charge in [-0.3, -0.25) is 4.79 Å². The number of nitrogens with one attached hydrogen (secondary N) is 3. The zero-order chi connectivity index (χ0) is 8.55. The topological polar surface area (TPSA) is 79.2 Å². The predicted molar refractivity (Wildman–Crippen MR) is 43.2 cm³/mol. The molecule has 1 aliphatic carbocycles. The fraction of sp³-hybridized carbons (Fsp3) is 0.286. The van der Waals surface area contributed by atoms with Gasteiger partial charge in [-0.25, -0.2) is 5.43 Å². The zero-order valence-electron chi connectivity index (χ0n) is 6.42. The van der Waals surface area contributed by atoms with Gasteiger partial charge in [0.15, 0.2) is 0 Å². The normalized spacial score (nSPS) is 26.8. The van der Waals surface area contributed by atoms with Gasteiger partial charge in [0.2, 0.25) is 5.91 Å². The van der Waals surface area contributed by atoms with E-state index < -0.39 is 0 Å². The third-order valence-corrected chi connectivity index (χ3v) is 2.03. The lowest BCUT2D eigenvalue weighted by Crippen LogP contribution is -2.34. The second-order valence-corrected chi connectivity index (χ2v) is 2.83. The molecule has 5 heteroatoms. The molecule has 0 aromatic heterocycles. The monoisotopic (exact) mass is 166 g/mol. The van der Waals surface area contributed by atoms with Gasteiger partial charge in [-0.15, -0.1) is 0 Å². The summed E-state index contributed by atoms with van der Waals surface area (Å²) in [7, 11) is 0. The van der Waals surface area contributed by atoms with Crippen LogP contribution in [0.15, 0.2) is 23.4 Å². The molecule has 0 radical (unpaired) electrons. The van der Waals surface area contributed by atoms with Crippen LogP contribution in [0.5, 0.6) is 0 Å². The highest BCUT2D eigenvalue weighted by Crippen LogP contribution is 2.18. The average molecular weight is 166 g/mol. The number of carbonyl (C=O) groups is 1. The summed E-state index contributed by atoms with van der Waals surface area (Å²) >= 11 is 0. The molecule has 0 spiro atoms. The quantitative estimate of drug-likeness (QED) is 0.389. The SMILES string of the molecule is NC(=O)C1=CC=C2NNNC2C1. The molecule has 1 heterocycles. The molecule has 5 N–H and O–H groups in total. The van der Waals surface area contributed by atoms with Gasteiger partial charge in [0.25, 0.3) is 0 Å². The fourth-order valence-electron chi connectivity index (χ4n) is 1.34. The second kappa shape index (κ2) is 2.62. The molecular weight excluding hydrogens is 156 g/mol. The molecule has 0 aromatic rings. The first-order chi connectivity index (χ1) is 5.77. The number of hydrogen-bond donors (Lipinski definition) is 4. The van der Waals surface area contributed by atoms with Crippen molar-refractivity contribution in [1.29, 1.82) is 0 Å². The molecule has 0 bridgehead atoms. The number of rotatable bonds is 1. The van der Waals surface area contributed by atoms with Gasteiger partial charge in [-0.2, -0.15) is 5.53 Å². The van der Waals surface area contributed by atoms with Crippen molar-refractivity contribution in [1.82, 2.24) is 16.4 Å². The lowest BCUT2D eigenvalue weighted by Gasteiger charge is -2.14. The summed E-state index contributed by atoms with van der Waals surface area (Å²) in [5.74, 6) is -0.348. The van der Waals surface area contributed by atoms with E-state index in [4.69, 9.17) is 5.73 Å². The first-order valence-corrected chi connectivity index (χ1v) is 3.74. The second-order valence-electron chi connectivity index (χ2n) is 2.83. The zero-order valence-corrected chi connectivity index (χ0v) is 6.42. The van der Waals surface area contributed by atoms with E-state index in [1.54, 1.807) is 6.08 Å². The fourth-order valence-corrected chi connectivity index (χ4v) is 1.34. The van der Waals surface area contributed by atoms with Crippen molar-refractivity contribution in [3.05, 3.63) is 23.4 Å². The first kappa shape index (κ1) is 7.33. The molecule has 1 fully saturated rings. The number of primary amides is 1. The summed E-state index contributed by atoms with van der Waals surface area (Å²) < 4.78 is 0. The molecular formula is C7H10N4O. The van der Waals surface area contributed by atoms with Crippen molar-refractivity contribution in [3.8, 4) is 0 Å². The number of amides is 1. The lowest BCUT2D eigenvalue weighted by molar-refractivity contribution is -0.114. The highest BCUT2D eigenvalue weighted by molar-refractivity contribution is 5.92. The molecule has 5 nitrogen and oxygen atoms in total. The molecule has 1 atom stereocenters. The molecule has 1 amide bonds. The Hall–Kier alpha value is -1.33. The Labute approximate surface area is 69.6 Å². The number of carbonyl (C=O) groups excluding carboxylic acids is 1. The maximum absolute atomic E-state index is 10.8. The largest absolute Gasteiger partial charge is 0.366 e. The van der Waals surface area contributed by atoms with Gasteiger partial charge < -0.3 is 11.2 Å². The predicted octanol–water partition coefficient (Wildman–Crippen LogP) is -1.33. The standard InChI is InChI=1S/C7H10N4O/c8-7(12)4-1-2-5-6(3-4)10-11-9-5/h1-2,6,9-11H,3H2,(H2,8,12). The molecule has 2 rings (SSSR count). The number of hydrogen-bond acceptors (Lipinski definition) is 4. The summed E-state index contributed by atoms with van der Waals surface area (Å²) in [6, 6.07) is 0.150. The van der Waals surface area contributed by atoms with Gasteiger partial charge in [0, 0.05) is 17.7 Å². The van der Waals surface area contributed by atoms with E-state index in [-0.39, 0.29) is 11.9 Å². The van der Waals surface area contributed by atoms with Crippen molar-refractivity contribution in [2.45, 2.75) is 12.5 Å². The molecule has 0 saturated carbocycles. The third-order valence-electron chi connectivity index (χ3n) is 2.03. The van der Waals surface area contributed by atoms with Gasteiger partial charge in [0.1, 0.15) is 0 Å². The molecule has 2 aliphatic rings. The molecule has 1 aliphatic heterocycles. The minimum absolute atomic E-state index is 0.150. The number of allylic oxidation sites excluding steroid dienone is 2. The lowest BCUT2D eigenvalue weighted by atomic mass is 9.98. The van der Waals surface area contributed by atoms with E-state index in [9.17, 15) is 4.79 Å². The number of nitrogens with two attached hydrogens (primary N) is 1. The summed E-state index contributed by atoms with van der Waals surface area (Å²) in [5, 5.41) is 0. The van der Waals surface area contributed by atoms with Crippen molar-refractivity contribution in [2.75, 3.05) is 0 Å². The summed E-state index contributed by atoms with van der Waals surface area (Å²) in [4.78, 5) is 10.8. The van der Waals surface area contributed by atoms with Crippen molar-refractivity contribution >= 4 is 5.91 Å². The van der Waals surface area contributed by atoms with Crippen LogP contribution in [0, 0.1) is 0 Å². The smallest absolute Gasteiger partial charge is 0.244 e. The van der Waals surface area contributed by atoms with E-state index >= 15 is 0 Å². The van der Waals surface area contributed by atoms with E-state index in [2.05, 4.69) is 16.4 Å². The maximum Gasteiger partial charge on any atom is 0.244 e. The Morgan fingerprint density at radius 1 is 1.58 bits per heavy atom. The van der Waals surface area contributed by atoms with Crippen LogP contribution in [0.4, 0.5) is 0 Å². The molecule has 1 unspecified atom stereocenters. The Bertz CT molecular complexity index is 281. The van der Waals surface area contributed by atoms with Crippen LogP contribution in [0.2, 0.25) is 0 Å². The van der Waals surface area contributed by atoms with Crippen LogP contribution < -0.4 is 22.1 Å². The van der Waals surface area contributed by atoms with Crippen molar-refractivity contribution in [3.63, 3.8) is 0 Å². The highest BCUT2D eigenvalue weighted by Gasteiger charge is 2.24. The Morgan fingerprint density at radius 2 is 2.42 bits per heavy atom. The number of fused-ring (bicyclic) bond motifs is 1. The number of hydrazine groups is 2. The Balaban J connectivity index is 2.20. The Morgan fingerprint density at radius 3 is 3.17 bits per heavy atom. The van der Waals surface area contributed by atoms with Crippen LogP contribution in [-0.4, -0.2) is 11.9 Å². The molecule has 1 saturated heterocycles. The third kappa shape index (κ3) is 1.09. The van der Waals surface area contributed by atoms with Crippen LogP contribution in [-0.2, 0) is 4.79 Å². The molecule has 0 aromatic carbocycles. The minimum Gasteiger partial charge on any atom is -0.366 e. The van der Waals surface area contributed by atoms with E-state index in [1.165, 1.54) is 0 Å². The van der Waals surface area contributed by atoms with E-state index in [0.717, 1.165) is 5.70 Å². The van der Waals surface area contributed by atoms with Gasteiger partial charge in [-0.05, 0) is 6.08 Å².